The molecule has 2 saturated carbocycles. The summed E-state index contributed by atoms with van der Waals surface area (Å²) in [5, 5.41) is 0.748. The van der Waals surface area contributed by atoms with Crippen LogP contribution in [0.1, 0.15) is 31.2 Å². The van der Waals surface area contributed by atoms with E-state index < -0.39 is 0 Å². The first-order valence-electron chi connectivity index (χ1n) is 6.34. The molecule has 2 N–H and O–H groups in total. The summed E-state index contributed by atoms with van der Waals surface area (Å²) in [5.41, 5.74) is 7.35. The van der Waals surface area contributed by atoms with E-state index in [4.69, 9.17) is 22.1 Å². The number of nitrogens with two attached hydrogens (primary N) is 1. The Hall–Kier alpha value is -0.730. The van der Waals surface area contributed by atoms with Gasteiger partial charge in [-0.2, -0.15) is 0 Å². The summed E-state index contributed by atoms with van der Waals surface area (Å²) in [6, 6.07) is 5.98. The Bertz CT molecular complexity index is 424. The lowest BCUT2D eigenvalue weighted by molar-refractivity contribution is 0.299. The van der Waals surface area contributed by atoms with Crippen molar-refractivity contribution in [3.05, 3.63) is 28.8 Å². The fourth-order valence-electron chi connectivity index (χ4n) is 2.05. The fraction of sp³-hybridized carbons (Fsp3) is 0.571. The molecular weight excluding hydrogens is 234 g/mol. The monoisotopic (exact) mass is 251 g/mol. The van der Waals surface area contributed by atoms with Crippen LogP contribution in [-0.2, 0) is 6.42 Å². The molecule has 0 amide bonds. The number of benzene rings is 1. The SMILES string of the molecule is NC1(Cc2cc(Cl)cc(OCC3CC3)c2)CC1. The fourth-order valence-corrected chi connectivity index (χ4v) is 2.30. The highest BCUT2D eigenvalue weighted by atomic mass is 35.5. The van der Waals surface area contributed by atoms with Gasteiger partial charge < -0.3 is 10.5 Å². The van der Waals surface area contributed by atoms with Crippen molar-refractivity contribution in [1.29, 1.82) is 0 Å². The molecule has 2 nitrogen and oxygen atoms in total. The Labute approximate surface area is 107 Å². The van der Waals surface area contributed by atoms with Crippen LogP contribution >= 0.6 is 11.6 Å². The van der Waals surface area contributed by atoms with Gasteiger partial charge in [-0.25, -0.2) is 0 Å². The average Bonchev–Trinajstić information content (AvgIpc) is 3.13. The third kappa shape index (κ3) is 3.14. The zero-order chi connectivity index (χ0) is 11.9. The number of hydrogen-bond donors (Lipinski definition) is 1. The van der Waals surface area contributed by atoms with Gasteiger partial charge in [0.1, 0.15) is 5.75 Å². The number of hydrogen-bond acceptors (Lipinski definition) is 2. The van der Waals surface area contributed by atoms with Crippen molar-refractivity contribution in [2.45, 2.75) is 37.6 Å². The van der Waals surface area contributed by atoms with Crippen LogP contribution in [0, 0.1) is 5.92 Å². The number of halogens is 1. The van der Waals surface area contributed by atoms with Crippen LogP contribution in [0.25, 0.3) is 0 Å². The third-order valence-corrected chi connectivity index (χ3v) is 3.78. The second-order valence-electron chi connectivity index (χ2n) is 5.59. The molecule has 0 aliphatic heterocycles. The second-order valence-corrected chi connectivity index (χ2v) is 6.03. The molecule has 2 aliphatic rings. The van der Waals surface area contributed by atoms with E-state index in [1.54, 1.807) is 0 Å². The molecule has 0 saturated heterocycles. The van der Waals surface area contributed by atoms with E-state index in [2.05, 4.69) is 6.07 Å². The Morgan fingerprint density at radius 2 is 2.06 bits per heavy atom. The average molecular weight is 252 g/mol. The van der Waals surface area contributed by atoms with Crippen molar-refractivity contribution >= 4 is 11.6 Å². The molecule has 2 aliphatic carbocycles. The molecule has 0 heterocycles. The van der Waals surface area contributed by atoms with E-state index in [0.29, 0.717) is 0 Å². The molecule has 1 aromatic rings. The van der Waals surface area contributed by atoms with Crippen molar-refractivity contribution in [3.8, 4) is 5.75 Å². The van der Waals surface area contributed by atoms with Gasteiger partial charge >= 0.3 is 0 Å². The molecule has 0 aromatic heterocycles. The van der Waals surface area contributed by atoms with Gasteiger partial charge in [0.15, 0.2) is 0 Å². The quantitative estimate of drug-likeness (QED) is 0.873. The molecule has 0 bridgehead atoms. The molecule has 92 valence electrons. The Morgan fingerprint density at radius 3 is 2.71 bits per heavy atom. The molecular formula is C14H18ClNO. The summed E-state index contributed by atoms with van der Waals surface area (Å²) in [5.74, 6) is 1.66. The van der Waals surface area contributed by atoms with Gasteiger partial charge in [0.25, 0.3) is 0 Å². The van der Waals surface area contributed by atoms with Crippen molar-refractivity contribution in [1.82, 2.24) is 0 Å². The molecule has 0 radical (unpaired) electrons. The van der Waals surface area contributed by atoms with Crippen molar-refractivity contribution in [3.63, 3.8) is 0 Å². The molecule has 0 atom stereocenters. The van der Waals surface area contributed by atoms with E-state index in [-0.39, 0.29) is 5.54 Å². The highest BCUT2D eigenvalue weighted by molar-refractivity contribution is 6.30. The lowest BCUT2D eigenvalue weighted by Gasteiger charge is -2.11. The normalized spacial score (nSPS) is 21.3. The summed E-state index contributed by atoms with van der Waals surface area (Å²) >= 11 is 6.11. The lowest BCUT2D eigenvalue weighted by Crippen LogP contribution is -2.24. The zero-order valence-corrected chi connectivity index (χ0v) is 10.7. The van der Waals surface area contributed by atoms with Gasteiger partial charge in [-0.05, 0) is 61.8 Å². The topological polar surface area (TPSA) is 35.2 Å². The van der Waals surface area contributed by atoms with Gasteiger partial charge in [0.2, 0.25) is 0 Å². The standard InChI is InChI=1S/C14H18ClNO/c15-12-5-11(8-14(16)3-4-14)6-13(7-12)17-9-10-1-2-10/h5-7,10H,1-4,8-9,16H2. The Kier molecular flexibility index (Phi) is 2.80. The summed E-state index contributed by atoms with van der Waals surface area (Å²) in [6.45, 7) is 0.827. The minimum Gasteiger partial charge on any atom is -0.493 e. The van der Waals surface area contributed by atoms with E-state index in [1.807, 2.05) is 12.1 Å². The zero-order valence-electron chi connectivity index (χ0n) is 9.92. The number of rotatable bonds is 5. The first-order valence-corrected chi connectivity index (χ1v) is 6.72. The second kappa shape index (κ2) is 4.18. The van der Waals surface area contributed by atoms with E-state index >= 15 is 0 Å². The first kappa shape index (κ1) is 11.4. The van der Waals surface area contributed by atoms with Crippen LogP contribution in [0.15, 0.2) is 18.2 Å². The van der Waals surface area contributed by atoms with Crippen LogP contribution in [0.4, 0.5) is 0 Å². The Balaban J connectivity index is 1.69. The maximum absolute atomic E-state index is 6.13. The molecule has 3 rings (SSSR count). The number of ether oxygens (including phenoxy) is 1. The van der Waals surface area contributed by atoms with Gasteiger partial charge in [-0.15, -0.1) is 0 Å². The maximum atomic E-state index is 6.13. The minimum atomic E-state index is 0.0262. The van der Waals surface area contributed by atoms with Gasteiger partial charge in [0.05, 0.1) is 6.61 Å². The summed E-state index contributed by atoms with van der Waals surface area (Å²) < 4.78 is 5.76. The molecule has 1 aromatic carbocycles. The third-order valence-electron chi connectivity index (χ3n) is 3.56. The predicted molar refractivity (Wildman–Crippen MR) is 69.5 cm³/mol. The van der Waals surface area contributed by atoms with Crippen LogP contribution < -0.4 is 10.5 Å². The van der Waals surface area contributed by atoms with Gasteiger partial charge in [-0.1, -0.05) is 11.6 Å². The van der Waals surface area contributed by atoms with Crippen molar-refractivity contribution < 1.29 is 4.74 Å². The highest BCUT2D eigenvalue weighted by Crippen LogP contribution is 2.37. The van der Waals surface area contributed by atoms with E-state index in [1.165, 1.54) is 18.4 Å². The molecule has 0 unspecified atom stereocenters. The molecule has 3 heteroatoms. The van der Waals surface area contributed by atoms with Crippen LogP contribution in [0.3, 0.4) is 0 Å². The summed E-state index contributed by atoms with van der Waals surface area (Å²) in [7, 11) is 0. The summed E-state index contributed by atoms with van der Waals surface area (Å²) in [4.78, 5) is 0. The van der Waals surface area contributed by atoms with Crippen LogP contribution in [0.5, 0.6) is 5.75 Å². The first-order chi connectivity index (χ1) is 8.13. The van der Waals surface area contributed by atoms with Gasteiger partial charge in [-0.3, -0.25) is 0 Å². The summed E-state index contributed by atoms with van der Waals surface area (Å²) in [6.07, 6.45) is 5.77. The highest BCUT2D eigenvalue weighted by Gasteiger charge is 2.38. The smallest absolute Gasteiger partial charge is 0.121 e. The van der Waals surface area contributed by atoms with E-state index in [0.717, 1.165) is 42.6 Å². The molecule has 2 fully saturated rings. The van der Waals surface area contributed by atoms with Gasteiger partial charge in [0, 0.05) is 10.6 Å². The predicted octanol–water partition coefficient (Wildman–Crippen LogP) is 3.16. The largest absolute Gasteiger partial charge is 0.493 e. The van der Waals surface area contributed by atoms with Crippen molar-refractivity contribution in [2.75, 3.05) is 6.61 Å². The maximum Gasteiger partial charge on any atom is 0.121 e. The van der Waals surface area contributed by atoms with Crippen LogP contribution in [-0.4, -0.2) is 12.1 Å². The Morgan fingerprint density at radius 1 is 1.29 bits per heavy atom. The van der Waals surface area contributed by atoms with Crippen LogP contribution in [0.2, 0.25) is 5.02 Å². The minimum absolute atomic E-state index is 0.0262. The van der Waals surface area contributed by atoms with E-state index in [9.17, 15) is 0 Å². The lowest BCUT2D eigenvalue weighted by atomic mass is 10.0. The van der Waals surface area contributed by atoms with Crippen molar-refractivity contribution in [2.24, 2.45) is 11.7 Å². The molecule has 17 heavy (non-hydrogen) atoms. The molecule has 0 spiro atoms.